The normalized spacial score (nSPS) is 10.3. The van der Waals surface area contributed by atoms with E-state index in [0.29, 0.717) is 5.69 Å². The summed E-state index contributed by atoms with van der Waals surface area (Å²) in [5.74, 6) is -0.0413. The summed E-state index contributed by atoms with van der Waals surface area (Å²) in [6, 6.07) is 5.34. The fourth-order valence-electron chi connectivity index (χ4n) is 1.09. The average molecular weight is 234 g/mol. The van der Waals surface area contributed by atoms with Crippen LogP contribution in [-0.4, -0.2) is 25.6 Å². The molecule has 0 aliphatic carbocycles. The summed E-state index contributed by atoms with van der Waals surface area (Å²) < 4.78 is 1.66. The highest BCUT2D eigenvalue weighted by molar-refractivity contribution is 7.99. The van der Waals surface area contributed by atoms with Crippen LogP contribution in [0.1, 0.15) is 5.69 Å². The van der Waals surface area contributed by atoms with Gasteiger partial charge < -0.3 is 5.73 Å². The van der Waals surface area contributed by atoms with Gasteiger partial charge in [0.1, 0.15) is 22.9 Å². The van der Waals surface area contributed by atoms with Crippen LogP contribution < -0.4 is 5.73 Å². The summed E-state index contributed by atoms with van der Waals surface area (Å²) in [4.78, 5) is 8.30. The van der Waals surface area contributed by atoms with Gasteiger partial charge in [-0.1, -0.05) is 6.07 Å². The molecule has 0 atom stereocenters. The third-order valence-electron chi connectivity index (χ3n) is 1.87. The minimum absolute atomic E-state index is 0.0413. The predicted octanol–water partition coefficient (Wildman–Crippen LogP) is 0.645. The van der Waals surface area contributed by atoms with Crippen molar-refractivity contribution in [2.45, 2.75) is 10.2 Å². The lowest BCUT2D eigenvalue weighted by molar-refractivity contribution is 0.684. The van der Waals surface area contributed by atoms with Crippen LogP contribution in [0.4, 0.5) is 0 Å². The molecule has 2 rings (SSSR count). The molecule has 16 heavy (non-hydrogen) atoms. The number of hydrogen-bond acceptors (Lipinski definition) is 5. The average Bonchev–Trinajstić information content (AvgIpc) is 2.65. The molecule has 0 fully saturated rings. The van der Waals surface area contributed by atoms with Gasteiger partial charge in [-0.25, -0.2) is 14.6 Å². The number of aryl methyl sites for hydroxylation is 1. The van der Waals surface area contributed by atoms with Crippen LogP contribution >= 0.6 is 11.8 Å². The van der Waals surface area contributed by atoms with E-state index in [0.717, 1.165) is 10.2 Å². The van der Waals surface area contributed by atoms with Gasteiger partial charge in [-0.05, 0) is 23.9 Å². The van der Waals surface area contributed by atoms with E-state index < -0.39 is 0 Å². The topological polar surface area (TPSA) is 93.5 Å². The Morgan fingerprint density at radius 2 is 2.31 bits per heavy atom. The summed E-state index contributed by atoms with van der Waals surface area (Å²) in [6.07, 6.45) is 1.48. The lowest BCUT2D eigenvalue weighted by Gasteiger charge is -2.01. The number of nitrogens with one attached hydrogen (secondary N) is 1. The Morgan fingerprint density at radius 1 is 1.50 bits per heavy atom. The van der Waals surface area contributed by atoms with E-state index in [9.17, 15) is 0 Å². The van der Waals surface area contributed by atoms with Crippen LogP contribution in [0.15, 0.2) is 34.7 Å². The number of nitrogen functional groups attached to an aromatic ring is 1. The zero-order valence-electron chi connectivity index (χ0n) is 8.58. The number of aromatic nitrogens is 4. The first kappa shape index (κ1) is 10.6. The van der Waals surface area contributed by atoms with Crippen molar-refractivity contribution in [3.05, 3.63) is 30.2 Å². The third-order valence-corrected chi connectivity index (χ3v) is 2.85. The highest BCUT2D eigenvalue weighted by atomic mass is 32.2. The molecule has 0 saturated carbocycles. The van der Waals surface area contributed by atoms with E-state index in [2.05, 4.69) is 15.1 Å². The number of pyridine rings is 1. The van der Waals surface area contributed by atoms with E-state index in [-0.39, 0.29) is 5.84 Å². The predicted molar refractivity (Wildman–Crippen MR) is 60.4 cm³/mol. The first-order chi connectivity index (χ1) is 7.66. The highest BCUT2D eigenvalue weighted by Crippen LogP contribution is 2.22. The van der Waals surface area contributed by atoms with Crippen molar-refractivity contribution in [1.82, 2.24) is 19.7 Å². The Kier molecular flexibility index (Phi) is 2.86. The molecule has 0 spiro atoms. The zero-order valence-corrected chi connectivity index (χ0v) is 9.40. The quantitative estimate of drug-likeness (QED) is 0.600. The van der Waals surface area contributed by atoms with Crippen LogP contribution in [0, 0.1) is 5.41 Å². The van der Waals surface area contributed by atoms with Crippen molar-refractivity contribution >= 4 is 17.6 Å². The monoisotopic (exact) mass is 234 g/mol. The van der Waals surface area contributed by atoms with Gasteiger partial charge in [-0.2, -0.15) is 5.10 Å². The molecular weight excluding hydrogens is 224 g/mol. The minimum Gasteiger partial charge on any atom is -0.382 e. The molecule has 0 radical (unpaired) electrons. The van der Waals surface area contributed by atoms with E-state index in [4.69, 9.17) is 11.1 Å². The van der Waals surface area contributed by atoms with Crippen molar-refractivity contribution in [2.24, 2.45) is 12.8 Å². The van der Waals surface area contributed by atoms with E-state index in [1.807, 2.05) is 19.2 Å². The fourth-order valence-corrected chi connectivity index (χ4v) is 1.85. The van der Waals surface area contributed by atoms with Gasteiger partial charge in [0, 0.05) is 7.05 Å². The van der Waals surface area contributed by atoms with Crippen LogP contribution in [0.3, 0.4) is 0 Å². The maximum atomic E-state index is 7.30. The van der Waals surface area contributed by atoms with Crippen molar-refractivity contribution in [3.8, 4) is 0 Å². The van der Waals surface area contributed by atoms with Crippen molar-refractivity contribution in [2.75, 3.05) is 0 Å². The van der Waals surface area contributed by atoms with Gasteiger partial charge >= 0.3 is 0 Å². The van der Waals surface area contributed by atoms with Gasteiger partial charge in [-0.15, -0.1) is 0 Å². The molecule has 0 saturated heterocycles. The Labute approximate surface area is 96.4 Å². The van der Waals surface area contributed by atoms with Gasteiger partial charge in [0.2, 0.25) is 0 Å². The molecule has 7 heteroatoms. The Hall–Kier alpha value is -1.89. The van der Waals surface area contributed by atoms with Crippen LogP contribution in [0.2, 0.25) is 0 Å². The first-order valence-electron chi connectivity index (χ1n) is 4.50. The second-order valence-electron chi connectivity index (χ2n) is 3.04. The van der Waals surface area contributed by atoms with Crippen LogP contribution in [0.5, 0.6) is 0 Å². The standard InChI is InChI=1S/C9H10N6S/c1-15-9(12-5-13-15)16-7-4-2-3-6(14-7)8(10)11/h2-5H,1H3,(H3,10,11). The zero-order chi connectivity index (χ0) is 11.5. The number of nitrogens with zero attached hydrogens (tertiary/aromatic N) is 4. The summed E-state index contributed by atoms with van der Waals surface area (Å²) >= 11 is 1.38. The van der Waals surface area contributed by atoms with Crippen LogP contribution in [0.25, 0.3) is 0 Å². The number of nitrogens with two attached hydrogens (primary N) is 1. The smallest absolute Gasteiger partial charge is 0.192 e. The molecule has 0 aromatic carbocycles. The molecule has 6 nitrogen and oxygen atoms in total. The van der Waals surface area contributed by atoms with E-state index in [1.54, 1.807) is 10.7 Å². The molecule has 0 amide bonds. The van der Waals surface area contributed by atoms with Gasteiger partial charge in [0.15, 0.2) is 5.16 Å². The first-order valence-corrected chi connectivity index (χ1v) is 5.32. The minimum atomic E-state index is -0.0413. The maximum absolute atomic E-state index is 7.30. The summed E-state index contributed by atoms with van der Waals surface area (Å²) in [6.45, 7) is 0. The van der Waals surface area contributed by atoms with Gasteiger partial charge in [0.05, 0.1) is 0 Å². The summed E-state index contributed by atoms with van der Waals surface area (Å²) in [5, 5.41) is 12.7. The van der Waals surface area contributed by atoms with Crippen molar-refractivity contribution in [3.63, 3.8) is 0 Å². The molecule has 82 valence electrons. The molecule has 3 N–H and O–H groups in total. The molecule has 0 unspecified atom stereocenters. The van der Waals surface area contributed by atoms with Gasteiger partial charge in [-0.3, -0.25) is 5.41 Å². The Bertz CT molecular complexity index is 520. The Morgan fingerprint density at radius 3 is 2.94 bits per heavy atom. The second kappa shape index (κ2) is 4.31. The summed E-state index contributed by atoms with van der Waals surface area (Å²) in [7, 11) is 1.81. The number of amidine groups is 1. The van der Waals surface area contributed by atoms with Gasteiger partial charge in [0.25, 0.3) is 0 Å². The molecule has 2 aromatic rings. The second-order valence-corrected chi connectivity index (χ2v) is 4.03. The van der Waals surface area contributed by atoms with E-state index >= 15 is 0 Å². The fraction of sp³-hybridized carbons (Fsp3) is 0.111. The molecule has 0 bridgehead atoms. The van der Waals surface area contributed by atoms with Crippen LogP contribution in [-0.2, 0) is 7.05 Å². The lowest BCUT2D eigenvalue weighted by atomic mass is 10.3. The maximum Gasteiger partial charge on any atom is 0.192 e. The molecule has 2 heterocycles. The molecule has 0 aliphatic heterocycles. The SMILES string of the molecule is Cn1ncnc1Sc1cccc(C(=N)N)n1. The van der Waals surface area contributed by atoms with E-state index in [1.165, 1.54) is 18.1 Å². The highest BCUT2D eigenvalue weighted by Gasteiger charge is 2.06. The lowest BCUT2D eigenvalue weighted by Crippen LogP contribution is -2.13. The van der Waals surface area contributed by atoms with Crippen molar-refractivity contribution < 1.29 is 0 Å². The number of rotatable bonds is 3. The largest absolute Gasteiger partial charge is 0.382 e. The third kappa shape index (κ3) is 2.19. The molecule has 2 aromatic heterocycles. The number of hydrogen-bond donors (Lipinski definition) is 2. The van der Waals surface area contributed by atoms with Crippen molar-refractivity contribution in [1.29, 1.82) is 5.41 Å². The molecular formula is C9H10N6S. The molecule has 0 aliphatic rings. The summed E-state index contributed by atoms with van der Waals surface area (Å²) in [5.41, 5.74) is 5.83. The Balaban J connectivity index is 2.25.